The van der Waals surface area contributed by atoms with Gasteiger partial charge in [0.25, 0.3) is 0 Å². The maximum Gasteiger partial charge on any atom is 0.305 e. The van der Waals surface area contributed by atoms with Crippen LogP contribution in [0.2, 0.25) is 0 Å². The largest absolute Gasteiger partial charge is 0.466 e. The van der Waals surface area contributed by atoms with E-state index in [-0.39, 0.29) is 5.97 Å². The lowest BCUT2D eigenvalue weighted by atomic mass is 10.1. The zero-order valence-corrected chi connectivity index (χ0v) is 17.9. The van der Waals surface area contributed by atoms with Gasteiger partial charge >= 0.3 is 5.97 Å². The van der Waals surface area contributed by atoms with E-state index in [1.807, 2.05) is 0 Å². The van der Waals surface area contributed by atoms with E-state index in [1.165, 1.54) is 89.9 Å². The van der Waals surface area contributed by atoms with Gasteiger partial charge in [-0.15, -0.1) is 0 Å². The Kier molecular flexibility index (Phi) is 21.6. The van der Waals surface area contributed by atoms with Crippen LogP contribution in [0.25, 0.3) is 0 Å². The van der Waals surface area contributed by atoms with Crippen LogP contribution in [0.15, 0.2) is 12.2 Å². The molecule has 0 atom stereocenters. The van der Waals surface area contributed by atoms with Crippen molar-refractivity contribution in [3.05, 3.63) is 12.2 Å². The van der Waals surface area contributed by atoms with Crippen molar-refractivity contribution in [3.8, 4) is 0 Å². The summed E-state index contributed by atoms with van der Waals surface area (Å²) in [7, 11) is 0. The second-order valence-electron chi connectivity index (χ2n) is 7.62. The highest BCUT2D eigenvalue weighted by Gasteiger charge is 2.01. The van der Waals surface area contributed by atoms with Crippen molar-refractivity contribution in [1.82, 2.24) is 0 Å². The molecule has 0 heterocycles. The van der Waals surface area contributed by atoms with Crippen LogP contribution in [0.3, 0.4) is 0 Å². The minimum absolute atomic E-state index is 0.00815. The Bertz CT molecular complexity index is 309. The maximum absolute atomic E-state index is 11.4. The van der Waals surface area contributed by atoms with Crippen molar-refractivity contribution in [1.29, 1.82) is 0 Å². The zero-order valence-electron chi connectivity index (χ0n) is 17.9. The molecular weight excluding hydrogens is 320 g/mol. The Morgan fingerprint density at radius 1 is 0.615 bits per heavy atom. The van der Waals surface area contributed by atoms with Crippen molar-refractivity contribution in [3.63, 3.8) is 0 Å². The first-order valence-corrected chi connectivity index (χ1v) is 11.6. The first-order valence-electron chi connectivity index (χ1n) is 11.6. The summed E-state index contributed by atoms with van der Waals surface area (Å²) in [5, 5.41) is 0. The molecule has 0 rings (SSSR count). The lowest BCUT2D eigenvalue weighted by Crippen LogP contribution is -2.05. The highest BCUT2D eigenvalue weighted by atomic mass is 16.5. The van der Waals surface area contributed by atoms with Gasteiger partial charge in [0.05, 0.1) is 6.61 Å². The van der Waals surface area contributed by atoms with Crippen LogP contribution < -0.4 is 0 Å². The Labute approximate surface area is 164 Å². The van der Waals surface area contributed by atoms with Crippen molar-refractivity contribution >= 4 is 5.97 Å². The monoisotopic (exact) mass is 366 g/mol. The second-order valence-corrected chi connectivity index (χ2v) is 7.62. The normalized spacial score (nSPS) is 11.3. The Hall–Kier alpha value is -0.790. The van der Waals surface area contributed by atoms with Crippen molar-refractivity contribution in [2.75, 3.05) is 6.61 Å². The third-order valence-electron chi connectivity index (χ3n) is 4.90. The van der Waals surface area contributed by atoms with Crippen LogP contribution in [-0.4, -0.2) is 12.6 Å². The second kappa shape index (κ2) is 22.3. The quantitative estimate of drug-likeness (QED) is 0.123. The first-order chi connectivity index (χ1) is 12.8. The number of esters is 1. The van der Waals surface area contributed by atoms with Crippen LogP contribution in [0, 0.1) is 0 Å². The van der Waals surface area contributed by atoms with E-state index in [1.54, 1.807) is 0 Å². The minimum Gasteiger partial charge on any atom is -0.466 e. The van der Waals surface area contributed by atoms with E-state index in [4.69, 9.17) is 4.74 Å². The molecule has 26 heavy (non-hydrogen) atoms. The van der Waals surface area contributed by atoms with Crippen molar-refractivity contribution in [2.24, 2.45) is 0 Å². The van der Waals surface area contributed by atoms with Gasteiger partial charge in [0.15, 0.2) is 0 Å². The fraction of sp³-hybridized carbons (Fsp3) is 0.875. The molecule has 0 saturated carbocycles. The number of unbranched alkanes of at least 4 members (excludes halogenated alkanes) is 14. The molecule has 0 amide bonds. The number of carbonyl (C=O) groups is 1. The summed E-state index contributed by atoms with van der Waals surface area (Å²) in [6.45, 7) is 4.99. The number of allylic oxidation sites excluding steroid dienone is 2. The van der Waals surface area contributed by atoms with Gasteiger partial charge in [-0.05, 0) is 38.5 Å². The fourth-order valence-electron chi connectivity index (χ4n) is 3.10. The number of hydrogen-bond acceptors (Lipinski definition) is 2. The predicted molar refractivity (Wildman–Crippen MR) is 115 cm³/mol. The zero-order chi connectivity index (χ0) is 19.1. The maximum atomic E-state index is 11.4. The lowest BCUT2D eigenvalue weighted by Gasteiger charge is -2.04. The average molecular weight is 367 g/mol. The van der Waals surface area contributed by atoms with Crippen LogP contribution in [0.1, 0.15) is 129 Å². The van der Waals surface area contributed by atoms with Gasteiger partial charge in [0.2, 0.25) is 0 Å². The van der Waals surface area contributed by atoms with Gasteiger partial charge in [-0.25, -0.2) is 0 Å². The number of hydrogen-bond donors (Lipinski definition) is 0. The molecule has 0 bridgehead atoms. The molecule has 0 spiro atoms. The molecular formula is C24H46O2. The van der Waals surface area contributed by atoms with E-state index in [0.29, 0.717) is 13.0 Å². The summed E-state index contributed by atoms with van der Waals surface area (Å²) in [5.41, 5.74) is 0. The molecule has 2 nitrogen and oxygen atoms in total. The van der Waals surface area contributed by atoms with Gasteiger partial charge < -0.3 is 4.74 Å². The van der Waals surface area contributed by atoms with Gasteiger partial charge in [-0.1, -0.05) is 96.6 Å². The average Bonchev–Trinajstić information content (AvgIpc) is 2.64. The van der Waals surface area contributed by atoms with E-state index in [2.05, 4.69) is 26.0 Å². The van der Waals surface area contributed by atoms with Crippen LogP contribution in [0.5, 0.6) is 0 Å². The van der Waals surface area contributed by atoms with Gasteiger partial charge in [0.1, 0.15) is 0 Å². The summed E-state index contributed by atoms with van der Waals surface area (Å²) < 4.78 is 5.17. The summed E-state index contributed by atoms with van der Waals surface area (Å²) >= 11 is 0. The number of carbonyl (C=O) groups excluding carboxylic acids is 1. The summed E-state index contributed by atoms with van der Waals surface area (Å²) in [5.74, 6) is -0.00815. The van der Waals surface area contributed by atoms with Gasteiger partial charge in [0, 0.05) is 6.42 Å². The van der Waals surface area contributed by atoms with E-state index in [9.17, 15) is 4.79 Å². The van der Waals surface area contributed by atoms with Crippen LogP contribution >= 0.6 is 0 Å². The first kappa shape index (κ1) is 25.2. The molecule has 0 N–H and O–H groups in total. The summed E-state index contributed by atoms with van der Waals surface area (Å²) in [6, 6.07) is 0. The Morgan fingerprint density at radius 3 is 1.62 bits per heavy atom. The van der Waals surface area contributed by atoms with E-state index < -0.39 is 0 Å². The molecule has 0 fully saturated rings. The highest BCUT2D eigenvalue weighted by molar-refractivity contribution is 5.69. The van der Waals surface area contributed by atoms with E-state index >= 15 is 0 Å². The van der Waals surface area contributed by atoms with Crippen molar-refractivity contribution < 1.29 is 9.53 Å². The molecule has 0 aromatic rings. The van der Waals surface area contributed by atoms with Gasteiger partial charge in [-0.2, -0.15) is 0 Å². The van der Waals surface area contributed by atoms with E-state index in [0.717, 1.165) is 19.3 Å². The molecule has 0 aliphatic rings. The van der Waals surface area contributed by atoms with Crippen molar-refractivity contribution in [2.45, 2.75) is 129 Å². The fourth-order valence-corrected chi connectivity index (χ4v) is 3.10. The summed E-state index contributed by atoms with van der Waals surface area (Å²) in [6.07, 6.45) is 27.1. The number of rotatable bonds is 20. The summed E-state index contributed by atoms with van der Waals surface area (Å²) in [4.78, 5) is 11.4. The molecule has 154 valence electrons. The standard InChI is InChI=1S/C24H46O2/c1-3-5-7-8-9-10-11-12-13-14-15-16-17-18-19-20-21-22-24(25)26-23-6-4-2/h12-13H,3-11,14-23H2,1-2H3/b13-12-. The van der Waals surface area contributed by atoms with Gasteiger partial charge in [-0.3, -0.25) is 4.79 Å². The van der Waals surface area contributed by atoms with Crippen LogP contribution in [0.4, 0.5) is 0 Å². The third-order valence-corrected chi connectivity index (χ3v) is 4.90. The highest BCUT2D eigenvalue weighted by Crippen LogP contribution is 2.11. The lowest BCUT2D eigenvalue weighted by molar-refractivity contribution is -0.143. The predicted octanol–water partition coefficient (Wildman–Crippen LogP) is 8.15. The minimum atomic E-state index is -0.00815. The molecule has 0 unspecified atom stereocenters. The van der Waals surface area contributed by atoms with Crippen LogP contribution in [-0.2, 0) is 9.53 Å². The molecule has 0 aromatic carbocycles. The number of ether oxygens (including phenoxy) is 1. The third kappa shape index (κ3) is 21.3. The molecule has 0 aliphatic carbocycles. The molecule has 2 heteroatoms. The molecule has 0 saturated heterocycles. The SMILES string of the molecule is CCCCCCCC/C=C\CCCCCCCCCC(=O)OCCCC. The Morgan fingerprint density at radius 2 is 1.08 bits per heavy atom. The molecule has 0 radical (unpaired) electrons. The smallest absolute Gasteiger partial charge is 0.305 e. The topological polar surface area (TPSA) is 26.3 Å². The molecule has 0 aliphatic heterocycles. The Balaban J connectivity index is 3.14. The molecule has 0 aromatic heterocycles.